The highest BCUT2D eigenvalue weighted by Gasteiger charge is 2.31. The number of hydrogen-bond acceptors (Lipinski definition) is 5. The van der Waals surface area contributed by atoms with Crippen LogP contribution in [0.4, 0.5) is 10.5 Å². The third-order valence-electron chi connectivity index (χ3n) is 7.69. The Balaban J connectivity index is 1.26. The topological polar surface area (TPSA) is 87.7 Å². The molecule has 0 aliphatic carbocycles. The molecule has 0 unspecified atom stereocenters. The molecule has 0 aromatic heterocycles. The van der Waals surface area contributed by atoms with E-state index in [2.05, 4.69) is 41.0 Å². The molecular weight excluding hydrogens is 502 g/mol. The van der Waals surface area contributed by atoms with Gasteiger partial charge in [0.2, 0.25) is 0 Å². The zero-order valence-electron chi connectivity index (χ0n) is 23.3. The van der Waals surface area contributed by atoms with Crippen LogP contribution in [0.5, 0.6) is 0 Å². The predicted octanol–water partition coefficient (Wildman–Crippen LogP) is 7.07. The van der Waals surface area contributed by atoms with Crippen LogP contribution in [0.15, 0.2) is 54.6 Å². The molecule has 0 radical (unpaired) electrons. The van der Waals surface area contributed by atoms with E-state index in [1.165, 1.54) is 10.3 Å². The Labute approximate surface area is 232 Å². The summed E-state index contributed by atoms with van der Waals surface area (Å²) in [5.74, 6) is -0.518. The largest absolute Gasteiger partial charge is 0.444 e. The van der Waals surface area contributed by atoms with Crippen molar-refractivity contribution < 1.29 is 19.1 Å². The standard InChI is InChI=1S/C33H33N3O4/c1-33(2,3)40-32(39)35-18-7-5-6-17-34-26-16-15-20-22-12-14-25-29-24(30(37)36(4)31(25)38)13-11-21(28(22)29)19-9-8-10-23(26)27(19)20/h8-16,34H,5-7,17-18H2,1-4H3,(H,35,39). The fraction of sp³-hybridized carbons (Fsp3) is 0.303. The number of ether oxygens (including phenoxy) is 1. The van der Waals surface area contributed by atoms with Crippen molar-refractivity contribution in [3.63, 3.8) is 0 Å². The zero-order valence-corrected chi connectivity index (χ0v) is 23.3. The number of unbranched alkanes of at least 4 members (excludes halogenated alkanes) is 2. The van der Waals surface area contributed by atoms with Crippen LogP contribution in [0.1, 0.15) is 60.7 Å². The average Bonchev–Trinajstić information content (AvgIpc) is 2.92. The van der Waals surface area contributed by atoms with Gasteiger partial charge in [-0.1, -0.05) is 36.4 Å². The molecule has 0 bridgehead atoms. The van der Waals surface area contributed by atoms with Crippen molar-refractivity contribution >= 4 is 66.7 Å². The Hall–Kier alpha value is -4.39. The summed E-state index contributed by atoms with van der Waals surface area (Å²) in [5.41, 5.74) is 1.74. The van der Waals surface area contributed by atoms with Crippen molar-refractivity contribution in [3.05, 3.63) is 65.7 Å². The van der Waals surface area contributed by atoms with Crippen molar-refractivity contribution in [1.29, 1.82) is 0 Å². The number of benzene rings is 5. The van der Waals surface area contributed by atoms with E-state index in [1.807, 2.05) is 45.0 Å². The third-order valence-corrected chi connectivity index (χ3v) is 7.69. The molecule has 0 atom stereocenters. The molecule has 5 aromatic carbocycles. The summed E-state index contributed by atoms with van der Waals surface area (Å²) < 4.78 is 5.28. The highest BCUT2D eigenvalue weighted by Crippen LogP contribution is 2.44. The quantitative estimate of drug-likeness (QED) is 0.101. The van der Waals surface area contributed by atoms with E-state index in [4.69, 9.17) is 4.74 Å². The van der Waals surface area contributed by atoms with E-state index in [0.29, 0.717) is 17.7 Å². The molecule has 6 rings (SSSR count). The molecule has 5 aromatic rings. The van der Waals surface area contributed by atoms with Crippen LogP contribution in [0.25, 0.3) is 43.1 Å². The Morgan fingerprint density at radius 2 is 1.30 bits per heavy atom. The second-order valence-electron chi connectivity index (χ2n) is 11.5. The number of imide groups is 1. The van der Waals surface area contributed by atoms with E-state index in [-0.39, 0.29) is 17.9 Å². The van der Waals surface area contributed by atoms with Gasteiger partial charge in [0.05, 0.1) is 0 Å². The van der Waals surface area contributed by atoms with E-state index in [9.17, 15) is 14.4 Å². The number of anilines is 1. The maximum atomic E-state index is 13.0. The Morgan fingerprint density at radius 1 is 0.725 bits per heavy atom. The van der Waals surface area contributed by atoms with Gasteiger partial charge in [0.1, 0.15) is 5.60 Å². The van der Waals surface area contributed by atoms with Gasteiger partial charge in [0.25, 0.3) is 11.8 Å². The number of carbonyl (C=O) groups excluding carboxylic acids is 3. The Kier molecular flexibility index (Phi) is 6.25. The molecule has 7 nitrogen and oxygen atoms in total. The number of amides is 3. The first-order valence-corrected chi connectivity index (χ1v) is 13.8. The number of rotatable bonds is 7. The van der Waals surface area contributed by atoms with Gasteiger partial charge < -0.3 is 15.4 Å². The monoisotopic (exact) mass is 535 g/mol. The minimum atomic E-state index is -0.490. The fourth-order valence-corrected chi connectivity index (χ4v) is 5.92. The summed E-state index contributed by atoms with van der Waals surface area (Å²) in [5, 5.41) is 14.8. The lowest BCUT2D eigenvalue weighted by molar-refractivity contribution is 0.0525. The van der Waals surface area contributed by atoms with E-state index in [1.54, 1.807) is 7.05 Å². The molecule has 7 heteroatoms. The van der Waals surface area contributed by atoms with E-state index >= 15 is 0 Å². The maximum absolute atomic E-state index is 13.0. The molecule has 0 spiro atoms. The van der Waals surface area contributed by atoms with E-state index in [0.717, 1.165) is 69.2 Å². The zero-order chi connectivity index (χ0) is 28.2. The summed E-state index contributed by atoms with van der Waals surface area (Å²) in [4.78, 5) is 38.9. The smallest absolute Gasteiger partial charge is 0.407 e. The lowest BCUT2D eigenvalue weighted by atomic mass is 9.84. The van der Waals surface area contributed by atoms with Crippen molar-refractivity contribution in [1.82, 2.24) is 10.2 Å². The van der Waals surface area contributed by atoms with Crippen LogP contribution in [0.2, 0.25) is 0 Å². The molecule has 3 amide bonds. The fourth-order valence-electron chi connectivity index (χ4n) is 5.92. The number of carbonyl (C=O) groups is 3. The Bertz CT molecular complexity index is 1750. The lowest BCUT2D eigenvalue weighted by Gasteiger charge is -2.26. The summed E-state index contributed by atoms with van der Waals surface area (Å²) in [6, 6.07) is 18.4. The molecule has 0 saturated carbocycles. The SMILES string of the molecule is CN1C(=O)c2ccc3c4cccc5c(NCCCCCNC(=O)OC(C)(C)C)ccc(c6ccc(c2c36)C1=O)c54. The van der Waals surface area contributed by atoms with Gasteiger partial charge in [0, 0.05) is 47.7 Å². The van der Waals surface area contributed by atoms with Gasteiger partial charge in [-0.25, -0.2) is 4.79 Å². The lowest BCUT2D eigenvalue weighted by Crippen LogP contribution is -2.36. The molecule has 204 valence electrons. The number of hydrogen-bond donors (Lipinski definition) is 2. The molecule has 2 N–H and O–H groups in total. The van der Waals surface area contributed by atoms with Crippen LogP contribution >= 0.6 is 0 Å². The predicted molar refractivity (Wildman–Crippen MR) is 161 cm³/mol. The number of fused-ring (bicyclic) bond motifs is 2. The third kappa shape index (κ3) is 4.26. The number of alkyl carbamates (subject to hydrolysis) is 1. The molecular formula is C33H33N3O4. The van der Waals surface area contributed by atoms with Gasteiger partial charge in [-0.15, -0.1) is 0 Å². The first kappa shape index (κ1) is 25.9. The van der Waals surface area contributed by atoms with Crippen molar-refractivity contribution in [2.45, 2.75) is 45.6 Å². The highest BCUT2D eigenvalue weighted by atomic mass is 16.6. The van der Waals surface area contributed by atoms with Crippen LogP contribution in [0.3, 0.4) is 0 Å². The second kappa shape index (κ2) is 9.66. The molecule has 40 heavy (non-hydrogen) atoms. The average molecular weight is 536 g/mol. The van der Waals surface area contributed by atoms with Crippen molar-refractivity contribution in [2.75, 3.05) is 25.5 Å². The van der Waals surface area contributed by atoms with Gasteiger partial charge in [-0.05, 0) is 90.6 Å². The first-order chi connectivity index (χ1) is 19.2. The summed E-state index contributed by atoms with van der Waals surface area (Å²) >= 11 is 0. The van der Waals surface area contributed by atoms with Crippen LogP contribution < -0.4 is 10.6 Å². The summed E-state index contributed by atoms with van der Waals surface area (Å²) in [6.45, 7) is 6.98. The molecule has 1 aliphatic heterocycles. The number of nitrogens with zero attached hydrogens (tertiary/aromatic N) is 1. The number of nitrogens with one attached hydrogen (secondary N) is 2. The Morgan fingerprint density at radius 3 is 1.98 bits per heavy atom. The highest BCUT2D eigenvalue weighted by molar-refractivity contribution is 6.38. The molecule has 1 aliphatic rings. The maximum Gasteiger partial charge on any atom is 0.407 e. The first-order valence-electron chi connectivity index (χ1n) is 13.8. The van der Waals surface area contributed by atoms with Crippen molar-refractivity contribution in [2.24, 2.45) is 0 Å². The van der Waals surface area contributed by atoms with Crippen molar-refractivity contribution in [3.8, 4) is 0 Å². The van der Waals surface area contributed by atoms with E-state index < -0.39 is 5.60 Å². The van der Waals surface area contributed by atoms with Gasteiger partial charge >= 0.3 is 6.09 Å². The van der Waals surface area contributed by atoms with Gasteiger partial charge in [-0.2, -0.15) is 0 Å². The molecule has 0 saturated heterocycles. The van der Waals surface area contributed by atoms with Crippen LogP contribution in [0, 0.1) is 0 Å². The summed E-state index contributed by atoms with van der Waals surface area (Å²) in [6.07, 6.45) is 2.47. The molecule has 0 fully saturated rings. The van der Waals surface area contributed by atoms with Gasteiger partial charge in [0.15, 0.2) is 0 Å². The van der Waals surface area contributed by atoms with Gasteiger partial charge in [-0.3, -0.25) is 14.5 Å². The molecule has 1 heterocycles. The summed E-state index contributed by atoms with van der Waals surface area (Å²) in [7, 11) is 1.54. The minimum Gasteiger partial charge on any atom is -0.444 e. The normalized spacial score (nSPS) is 13.7. The second-order valence-corrected chi connectivity index (χ2v) is 11.5. The minimum absolute atomic E-state index is 0.259. The van der Waals surface area contributed by atoms with Crippen LogP contribution in [-0.2, 0) is 4.74 Å². The van der Waals surface area contributed by atoms with Crippen LogP contribution in [-0.4, -0.2) is 48.5 Å².